The van der Waals surface area contributed by atoms with Crippen LogP contribution in [0.25, 0.3) is 0 Å². The lowest BCUT2D eigenvalue weighted by molar-refractivity contribution is 0.240. The Morgan fingerprint density at radius 1 is 0.960 bits per heavy atom. The highest BCUT2D eigenvalue weighted by atomic mass is 35.5. The van der Waals surface area contributed by atoms with Gasteiger partial charge in [0.1, 0.15) is 0 Å². The molecule has 2 aromatic rings. The van der Waals surface area contributed by atoms with Crippen LogP contribution in [0.15, 0.2) is 48.5 Å². The molecule has 0 unspecified atom stereocenters. The first kappa shape index (κ1) is 18.1. The molecule has 2 N–H and O–H groups in total. The predicted molar refractivity (Wildman–Crippen MR) is 105 cm³/mol. The summed E-state index contributed by atoms with van der Waals surface area (Å²) in [6.07, 6.45) is 5.87. The van der Waals surface area contributed by atoms with Gasteiger partial charge >= 0.3 is 6.03 Å². The van der Waals surface area contributed by atoms with Crippen molar-refractivity contribution in [1.29, 1.82) is 0 Å². The van der Waals surface area contributed by atoms with Gasteiger partial charge in [0.25, 0.3) is 0 Å². The van der Waals surface area contributed by atoms with Gasteiger partial charge in [-0.25, -0.2) is 4.79 Å². The van der Waals surface area contributed by atoms with E-state index in [4.69, 9.17) is 23.2 Å². The number of amides is 2. The molecule has 3 nitrogen and oxygen atoms in total. The van der Waals surface area contributed by atoms with Crippen LogP contribution in [-0.4, -0.2) is 12.6 Å². The molecule has 0 spiro atoms. The zero-order valence-electron chi connectivity index (χ0n) is 14.0. The summed E-state index contributed by atoms with van der Waals surface area (Å²) < 4.78 is 0. The molecule has 1 fully saturated rings. The third-order valence-electron chi connectivity index (χ3n) is 4.96. The summed E-state index contributed by atoms with van der Waals surface area (Å²) in [6, 6.07) is 15.4. The van der Waals surface area contributed by atoms with Crippen molar-refractivity contribution in [2.45, 2.75) is 37.5 Å². The SMILES string of the molecule is O=C(NCC1(c2ccccc2)CCCCC1)Nc1ccc(Cl)c(Cl)c1. The van der Waals surface area contributed by atoms with Crippen molar-refractivity contribution >= 4 is 34.9 Å². The molecule has 0 aliphatic heterocycles. The highest BCUT2D eigenvalue weighted by molar-refractivity contribution is 6.42. The van der Waals surface area contributed by atoms with Crippen LogP contribution in [0, 0.1) is 0 Å². The van der Waals surface area contributed by atoms with Crippen molar-refractivity contribution in [2.75, 3.05) is 11.9 Å². The van der Waals surface area contributed by atoms with E-state index in [1.807, 2.05) is 6.07 Å². The first-order valence-corrected chi connectivity index (χ1v) is 9.40. The summed E-state index contributed by atoms with van der Waals surface area (Å²) in [7, 11) is 0. The van der Waals surface area contributed by atoms with Crippen molar-refractivity contribution in [3.8, 4) is 0 Å². The number of halogens is 2. The van der Waals surface area contributed by atoms with Gasteiger partial charge in [-0.15, -0.1) is 0 Å². The van der Waals surface area contributed by atoms with Crippen LogP contribution < -0.4 is 10.6 Å². The van der Waals surface area contributed by atoms with E-state index in [0.29, 0.717) is 22.3 Å². The molecular weight excluding hydrogens is 355 g/mol. The summed E-state index contributed by atoms with van der Waals surface area (Å²) in [4.78, 5) is 12.3. The Morgan fingerprint density at radius 2 is 1.68 bits per heavy atom. The van der Waals surface area contributed by atoms with Crippen molar-refractivity contribution in [3.63, 3.8) is 0 Å². The fraction of sp³-hybridized carbons (Fsp3) is 0.350. The van der Waals surface area contributed by atoms with Crippen LogP contribution in [0.2, 0.25) is 10.0 Å². The van der Waals surface area contributed by atoms with E-state index in [1.54, 1.807) is 18.2 Å². The average Bonchev–Trinajstić information content (AvgIpc) is 2.65. The fourth-order valence-electron chi connectivity index (χ4n) is 3.59. The van der Waals surface area contributed by atoms with E-state index in [0.717, 1.165) is 12.8 Å². The van der Waals surface area contributed by atoms with Gasteiger partial charge in [0, 0.05) is 17.6 Å². The second kappa shape index (κ2) is 8.11. The maximum atomic E-state index is 12.3. The quantitative estimate of drug-likeness (QED) is 0.672. The van der Waals surface area contributed by atoms with Gasteiger partial charge in [0.15, 0.2) is 0 Å². The Hall–Kier alpha value is -1.71. The number of carbonyl (C=O) groups excluding carboxylic acids is 1. The molecular formula is C20H22Cl2N2O. The number of carbonyl (C=O) groups is 1. The Kier molecular flexibility index (Phi) is 5.87. The van der Waals surface area contributed by atoms with E-state index >= 15 is 0 Å². The molecule has 25 heavy (non-hydrogen) atoms. The maximum absolute atomic E-state index is 12.3. The highest BCUT2D eigenvalue weighted by Gasteiger charge is 2.34. The fourth-order valence-corrected chi connectivity index (χ4v) is 3.88. The van der Waals surface area contributed by atoms with Crippen molar-refractivity contribution in [2.24, 2.45) is 0 Å². The predicted octanol–water partition coefficient (Wildman–Crippen LogP) is 6.02. The number of hydrogen-bond acceptors (Lipinski definition) is 1. The third-order valence-corrected chi connectivity index (χ3v) is 5.70. The Labute approximate surface area is 158 Å². The standard InChI is InChI=1S/C20H22Cl2N2O/c21-17-10-9-16(13-18(17)22)24-19(25)23-14-20(11-5-2-6-12-20)15-7-3-1-4-8-15/h1,3-4,7-10,13H,2,5-6,11-12,14H2,(H2,23,24,25). The Morgan fingerprint density at radius 3 is 2.36 bits per heavy atom. The van der Waals surface area contributed by atoms with Gasteiger partial charge in [0.05, 0.1) is 10.0 Å². The molecule has 132 valence electrons. The van der Waals surface area contributed by atoms with Gasteiger partial charge in [-0.1, -0.05) is 72.8 Å². The van der Waals surface area contributed by atoms with Crippen LogP contribution in [0.3, 0.4) is 0 Å². The van der Waals surface area contributed by atoms with Crippen molar-refractivity contribution in [1.82, 2.24) is 5.32 Å². The van der Waals surface area contributed by atoms with Crippen LogP contribution in [-0.2, 0) is 5.41 Å². The van der Waals surface area contributed by atoms with Crippen molar-refractivity contribution < 1.29 is 4.79 Å². The second-order valence-corrected chi connectivity index (χ2v) is 7.46. The van der Waals surface area contributed by atoms with E-state index in [-0.39, 0.29) is 11.4 Å². The zero-order valence-corrected chi connectivity index (χ0v) is 15.5. The van der Waals surface area contributed by atoms with Gasteiger partial charge in [-0.2, -0.15) is 0 Å². The molecule has 3 rings (SSSR count). The molecule has 1 aliphatic rings. The number of benzene rings is 2. The van der Waals surface area contributed by atoms with Gasteiger partial charge in [-0.05, 0) is 36.6 Å². The summed E-state index contributed by atoms with van der Waals surface area (Å²) in [6.45, 7) is 0.629. The number of nitrogens with one attached hydrogen (secondary N) is 2. The summed E-state index contributed by atoms with van der Waals surface area (Å²) in [5, 5.41) is 6.77. The van der Waals surface area contributed by atoms with Gasteiger partial charge < -0.3 is 10.6 Å². The molecule has 0 bridgehead atoms. The number of anilines is 1. The first-order valence-electron chi connectivity index (χ1n) is 8.65. The van der Waals surface area contributed by atoms with Crippen molar-refractivity contribution in [3.05, 3.63) is 64.1 Å². The smallest absolute Gasteiger partial charge is 0.319 e. The number of urea groups is 1. The number of rotatable bonds is 4. The molecule has 5 heteroatoms. The lowest BCUT2D eigenvalue weighted by atomic mass is 9.69. The summed E-state index contributed by atoms with van der Waals surface area (Å²) in [5.74, 6) is 0. The minimum Gasteiger partial charge on any atom is -0.337 e. The zero-order chi connectivity index (χ0) is 17.7. The molecule has 0 heterocycles. The molecule has 1 aliphatic carbocycles. The second-order valence-electron chi connectivity index (χ2n) is 6.64. The minimum atomic E-state index is -0.223. The van der Waals surface area contributed by atoms with Gasteiger partial charge in [0.2, 0.25) is 0 Å². The molecule has 0 aromatic heterocycles. The largest absolute Gasteiger partial charge is 0.337 e. The van der Waals surface area contributed by atoms with Crippen LogP contribution in [0.4, 0.5) is 10.5 Å². The lowest BCUT2D eigenvalue weighted by Crippen LogP contribution is -2.43. The molecule has 1 saturated carbocycles. The third kappa shape index (κ3) is 4.47. The molecule has 0 radical (unpaired) electrons. The highest BCUT2D eigenvalue weighted by Crippen LogP contribution is 2.38. The van der Waals surface area contributed by atoms with Crippen LogP contribution >= 0.6 is 23.2 Å². The van der Waals surface area contributed by atoms with E-state index in [1.165, 1.54) is 24.8 Å². The maximum Gasteiger partial charge on any atom is 0.319 e. The topological polar surface area (TPSA) is 41.1 Å². The molecule has 2 aromatic carbocycles. The van der Waals surface area contributed by atoms with Crippen LogP contribution in [0.5, 0.6) is 0 Å². The minimum absolute atomic E-state index is 0.0223. The average molecular weight is 377 g/mol. The Bertz CT molecular complexity index is 728. The molecule has 0 saturated heterocycles. The summed E-state index contributed by atoms with van der Waals surface area (Å²) >= 11 is 11.9. The van der Waals surface area contributed by atoms with Crippen LogP contribution in [0.1, 0.15) is 37.7 Å². The molecule has 0 atom stereocenters. The van der Waals surface area contributed by atoms with Gasteiger partial charge in [-0.3, -0.25) is 0 Å². The normalized spacial score (nSPS) is 16.2. The molecule has 2 amide bonds. The van der Waals surface area contributed by atoms with E-state index < -0.39 is 0 Å². The number of hydrogen-bond donors (Lipinski definition) is 2. The lowest BCUT2D eigenvalue weighted by Gasteiger charge is -2.38. The summed E-state index contributed by atoms with van der Waals surface area (Å²) in [5.41, 5.74) is 1.96. The van der Waals surface area contributed by atoms with E-state index in [9.17, 15) is 4.79 Å². The van der Waals surface area contributed by atoms with E-state index in [2.05, 4.69) is 34.9 Å². The Balaban J connectivity index is 1.66. The first-order chi connectivity index (χ1) is 12.1. The monoisotopic (exact) mass is 376 g/mol.